The Balaban J connectivity index is 0.000000151. The SMILES string of the molecule is Cc1ccc(Oc2ccc(C)cc2)cc1.Nc1ccc(Oc2ccccc2)cc1.Oc1ccc(Oc2ccc(O)cc2)cc1.Oc1ccc(Oc2ccccc2)cc1.c1ccc(OCCOc2ccccc2)cc1. The Kier molecular flexibility index (Phi) is 21.7. The highest BCUT2D eigenvalue weighted by Crippen LogP contribution is 2.26. The summed E-state index contributed by atoms with van der Waals surface area (Å²) in [5.41, 5.74) is 8.79. The Bertz CT molecular complexity index is 2740. The van der Waals surface area contributed by atoms with Gasteiger partial charge in [-0.25, -0.2) is 0 Å². The monoisotopic (exact) mass is 985 g/mol. The number of aryl methyl sites for hydroxylation is 2. The van der Waals surface area contributed by atoms with Gasteiger partial charge in [0.2, 0.25) is 0 Å². The number of para-hydroxylation sites is 4. The van der Waals surface area contributed by atoms with Gasteiger partial charge in [-0.3, -0.25) is 0 Å². The summed E-state index contributed by atoms with van der Waals surface area (Å²) in [5, 5.41) is 27.2. The number of phenolic OH excluding ortho intramolecular Hbond substituents is 3. The van der Waals surface area contributed by atoms with E-state index in [1.165, 1.54) is 11.1 Å². The number of rotatable bonds is 13. The molecular formula is C64H59NO9. The molecule has 5 N–H and O–H groups in total. The van der Waals surface area contributed by atoms with Gasteiger partial charge in [0.1, 0.15) is 88.0 Å². The van der Waals surface area contributed by atoms with Gasteiger partial charge in [-0.1, -0.05) is 108 Å². The van der Waals surface area contributed by atoms with Gasteiger partial charge in [-0.2, -0.15) is 0 Å². The van der Waals surface area contributed by atoms with E-state index in [1.807, 2.05) is 194 Å². The zero-order valence-electron chi connectivity index (χ0n) is 41.2. The van der Waals surface area contributed by atoms with Gasteiger partial charge < -0.3 is 49.5 Å². The molecule has 0 heterocycles. The highest BCUT2D eigenvalue weighted by molar-refractivity contribution is 5.43. The second-order valence-corrected chi connectivity index (χ2v) is 16.0. The van der Waals surface area contributed by atoms with Crippen LogP contribution in [0.5, 0.6) is 74.7 Å². The van der Waals surface area contributed by atoms with Crippen molar-refractivity contribution in [3.63, 3.8) is 0 Å². The van der Waals surface area contributed by atoms with Crippen molar-refractivity contribution in [3.05, 3.63) is 278 Å². The highest BCUT2D eigenvalue weighted by Gasteiger charge is 2.00. The van der Waals surface area contributed by atoms with Crippen LogP contribution >= 0.6 is 0 Å². The summed E-state index contributed by atoms with van der Waals surface area (Å²) in [6.07, 6.45) is 0. The van der Waals surface area contributed by atoms with Gasteiger partial charge in [0.15, 0.2) is 0 Å². The largest absolute Gasteiger partial charge is 0.508 e. The standard InChI is InChI=1S/C14H14O2.C14H14O.C12H11NO.C12H10O3.C12H10O2/c1-3-7-13(8-4-1)15-11-12-16-14-9-5-2-6-10-14;1-11-3-7-13(8-4-11)15-14-9-5-12(2)6-10-14;13-10-6-8-12(9-7-10)14-11-4-2-1-3-5-11;13-9-1-5-11(6-2-9)15-12-7-3-10(14)4-8-12;13-10-6-8-12(9-7-10)14-11-4-2-1-3-5-11/h1-10H,11-12H2;3-10H,1-2H3;1-9H,13H2;1-8,13-14H;1-9,13H. The van der Waals surface area contributed by atoms with Gasteiger partial charge in [0, 0.05) is 5.69 Å². The third kappa shape index (κ3) is 21.1. The fraction of sp³-hybridized carbons (Fsp3) is 0.0625. The molecule has 0 saturated carbocycles. The fourth-order valence-corrected chi connectivity index (χ4v) is 6.16. The summed E-state index contributed by atoms with van der Waals surface area (Å²) in [7, 11) is 0. The minimum atomic E-state index is 0.202. The fourth-order valence-electron chi connectivity index (χ4n) is 6.16. The molecule has 10 aromatic rings. The molecule has 0 saturated heterocycles. The number of benzene rings is 10. The molecule has 10 rings (SSSR count). The molecular weight excluding hydrogens is 927 g/mol. The van der Waals surface area contributed by atoms with Gasteiger partial charge in [0.25, 0.3) is 0 Å². The van der Waals surface area contributed by atoms with Crippen LogP contribution in [-0.2, 0) is 0 Å². The van der Waals surface area contributed by atoms with Crippen molar-refractivity contribution in [1.82, 2.24) is 0 Å². The van der Waals surface area contributed by atoms with E-state index in [4.69, 9.17) is 49.5 Å². The van der Waals surface area contributed by atoms with E-state index in [0.29, 0.717) is 30.5 Å². The van der Waals surface area contributed by atoms with Gasteiger partial charge in [-0.05, 0) is 184 Å². The number of phenols is 3. The van der Waals surface area contributed by atoms with Crippen molar-refractivity contribution < 1.29 is 43.7 Å². The average molecular weight is 986 g/mol. The number of ether oxygens (including phenoxy) is 6. The predicted octanol–water partition coefficient (Wildman–Crippen LogP) is 16.4. The van der Waals surface area contributed by atoms with Crippen LogP contribution < -0.4 is 34.2 Å². The second kappa shape index (κ2) is 30.1. The van der Waals surface area contributed by atoms with Crippen molar-refractivity contribution in [1.29, 1.82) is 0 Å². The first-order valence-electron chi connectivity index (χ1n) is 23.6. The van der Waals surface area contributed by atoms with Crippen molar-refractivity contribution in [3.8, 4) is 74.7 Å². The second-order valence-electron chi connectivity index (χ2n) is 16.0. The molecule has 374 valence electrons. The average Bonchev–Trinajstić information content (AvgIpc) is 3.43. The molecule has 0 aliphatic carbocycles. The van der Waals surface area contributed by atoms with Gasteiger partial charge in [0.05, 0.1) is 0 Å². The van der Waals surface area contributed by atoms with E-state index in [2.05, 4.69) is 13.8 Å². The van der Waals surface area contributed by atoms with Crippen molar-refractivity contribution in [2.75, 3.05) is 18.9 Å². The smallest absolute Gasteiger partial charge is 0.127 e. The molecule has 74 heavy (non-hydrogen) atoms. The maximum absolute atomic E-state index is 9.07. The molecule has 10 heteroatoms. The normalized spacial score (nSPS) is 9.81. The molecule has 0 atom stereocenters. The van der Waals surface area contributed by atoms with Crippen LogP contribution in [0.2, 0.25) is 0 Å². The van der Waals surface area contributed by atoms with Crippen molar-refractivity contribution in [2.45, 2.75) is 13.8 Å². The minimum Gasteiger partial charge on any atom is -0.508 e. The third-order valence-electron chi connectivity index (χ3n) is 9.97. The number of nitrogen functional groups attached to an aromatic ring is 1. The van der Waals surface area contributed by atoms with Crippen LogP contribution in [0.15, 0.2) is 267 Å². The Hall–Kier alpha value is -9.80. The van der Waals surface area contributed by atoms with E-state index >= 15 is 0 Å². The number of aromatic hydroxyl groups is 3. The van der Waals surface area contributed by atoms with Crippen LogP contribution in [0.25, 0.3) is 0 Å². The van der Waals surface area contributed by atoms with E-state index in [9.17, 15) is 0 Å². The lowest BCUT2D eigenvalue weighted by molar-refractivity contribution is 0.217. The maximum Gasteiger partial charge on any atom is 0.127 e. The third-order valence-corrected chi connectivity index (χ3v) is 9.97. The molecule has 0 spiro atoms. The predicted molar refractivity (Wildman–Crippen MR) is 295 cm³/mol. The van der Waals surface area contributed by atoms with E-state index < -0.39 is 0 Å². The topological polar surface area (TPSA) is 142 Å². The Labute approximate surface area is 433 Å². The molecule has 0 amide bonds. The summed E-state index contributed by atoms with van der Waals surface area (Å²) in [5.74, 6) is 8.56. The summed E-state index contributed by atoms with van der Waals surface area (Å²) in [4.78, 5) is 0. The minimum absolute atomic E-state index is 0.202. The first-order chi connectivity index (χ1) is 36.1. The van der Waals surface area contributed by atoms with Gasteiger partial charge >= 0.3 is 0 Å². The molecule has 0 fully saturated rings. The molecule has 0 aromatic heterocycles. The van der Waals surface area contributed by atoms with E-state index in [1.54, 1.807) is 72.8 Å². The molecule has 0 aliphatic heterocycles. The lowest BCUT2D eigenvalue weighted by atomic mass is 10.2. The summed E-state index contributed by atoms with van der Waals surface area (Å²) in [6, 6.07) is 81.6. The van der Waals surface area contributed by atoms with Crippen molar-refractivity contribution >= 4 is 5.69 Å². The van der Waals surface area contributed by atoms with Crippen LogP contribution in [-0.4, -0.2) is 28.5 Å². The van der Waals surface area contributed by atoms with Crippen LogP contribution in [0.1, 0.15) is 11.1 Å². The van der Waals surface area contributed by atoms with Gasteiger partial charge in [-0.15, -0.1) is 0 Å². The molecule has 0 bridgehead atoms. The Morgan fingerprint density at radius 1 is 0.257 bits per heavy atom. The highest BCUT2D eigenvalue weighted by atomic mass is 16.5. The molecule has 10 nitrogen and oxygen atoms in total. The van der Waals surface area contributed by atoms with Crippen LogP contribution in [0.3, 0.4) is 0 Å². The van der Waals surface area contributed by atoms with E-state index in [-0.39, 0.29) is 17.2 Å². The van der Waals surface area contributed by atoms with Crippen LogP contribution in [0, 0.1) is 13.8 Å². The molecule has 0 aliphatic rings. The number of nitrogens with two attached hydrogens (primary N) is 1. The maximum atomic E-state index is 9.07. The van der Waals surface area contributed by atoms with Crippen molar-refractivity contribution in [2.24, 2.45) is 0 Å². The first-order valence-corrected chi connectivity index (χ1v) is 23.6. The molecule has 0 unspecified atom stereocenters. The summed E-state index contributed by atoms with van der Waals surface area (Å²) in [6.45, 7) is 5.24. The lowest BCUT2D eigenvalue weighted by Gasteiger charge is -2.07. The molecule has 10 aromatic carbocycles. The number of anilines is 1. The molecule has 0 radical (unpaired) electrons. The van der Waals surface area contributed by atoms with Crippen LogP contribution in [0.4, 0.5) is 5.69 Å². The quantitative estimate of drug-likeness (QED) is 0.0651. The number of hydrogen-bond acceptors (Lipinski definition) is 10. The summed E-state index contributed by atoms with van der Waals surface area (Å²) < 4.78 is 33.3. The lowest BCUT2D eigenvalue weighted by Crippen LogP contribution is -2.08. The Morgan fingerprint density at radius 3 is 0.716 bits per heavy atom. The number of hydrogen-bond donors (Lipinski definition) is 4. The zero-order valence-corrected chi connectivity index (χ0v) is 41.2. The zero-order chi connectivity index (χ0) is 52.0. The Morgan fingerprint density at radius 2 is 0.459 bits per heavy atom. The summed E-state index contributed by atoms with van der Waals surface area (Å²) >= 11 is 0. The van der Waals surface area contributed by atoms with E-state index in [0.717, 1.165) is 45.9 Å². The first kappa shape index (κ1) is 53.5.